The lowest BCUT2D eigenvalue weighted by atomic mass is 9.94. The minimum Gasteiger partial charge on any atom is -0.320 e. The van der Waals surface area contributed by atoms with Crippen molar-refractivity contribution < 1.29 is 0 Å². The molecule has 1 nitrogen and oxygen atoms in total. The number of hydrogen-bond acceptors (Lipinski definition) is 1. The summed E-state index contributed by atoms with van der Waals surface area (Å²) < 4.78 is 0. The van der Waals surface area contributed by atoms with Gasteiger partial charge in [-0.25, -0.2) is 0 Å². The van der Waals surface area contributed by atoms with E-state index in [1.54, 1.807) is 0 Å². The van der Waals surface area contributed by atoms with E-state index in [9.17, 15) is 0 Å². The highest BCUT2D eigenvalue weighted by atomic mass is 35.5. The molecule has 2 aromatic rings. The van der Waals surface area contributed by atoms with Crippen molar-refractivity contribution in [2.75, 3.05) is 0 Å². The van der Waals surface area contributed by atoms with Crippen LogP contribution < -0.4 is 5.73 Å². The predicted molar refractivity (Wildman–Crippen MR) is 80.7 cm³/mol. The molecular weight excluding hydrogens is 254 g/mol. The fourth-order valence-corrected chi connectivity index (χ4v) is 3.09. The molecular formula is C17H18ClN. The van der Waals surface area contributed by atoms with Gasteiger partial charge in [-0.2, -0.15) is 0 Å². The average molecular weight is 272 g/mol. The third kappa shape index (κ3) is 2.41. The molecule has 19 heavy (non-hydrogen) atoms. The summed E-state index contributed by atoms with van der Waals surface area (Å²) in [5.41, 5.74) is 12.9. The number of halogens is 1. The van der Waals surface area contributed by atoms with Crippen molar-refractivity contribution in [1.29, 1.82) is 0 Å². The van der Waals surface area contributed by atoms with E-state index in [1.165, 1.54) is 41.5 Å². The molecule has 0 aromatic heterocycles. The van der Waals surface area contributed by atoms with Crippen LogP contribution in [0.1, 0.15) is 40.3 Å². The highest BCUT2D eigenvalue weighted by Crippen LogP contribution is 2.29. The molecule has 0 bridgehead atoms. The first-order valence-corrected chi connectivity index (χ1v) is 7.16. The van der Waals surface area contributed by atoms with Gasteiger partial charge in [0.25, 0.3) is 0 Å². The third-order valence-corrected chi connectivity index (χ3v) is 4.29. The first-order valence-electron chi connectivity index (χ1n) is 6.78. The molecule has 3 rings (SSSR count). The van der Waals surface area contributed by atoms with E-state index in [1.807, 2.05) is 18.2 Å². The lowest BCUT2D eigenvalue weighted by molar-refractivity contribution is 0.858. The molecule has 1 aliphatic carbocycles. The fourth-order valence-electron chi connectivity index (χ4n) is 2.91. The van der Waals surface area contributed by atoms with E-state index < -0.39 is 0 Å². The highest BCUT2D eigenvalue weighted by molar-refractivity contribution is 6.30. The van der Waals surface area contributed by atoms with Crippen LogP contribution in [0.5, 0.6) is 0 Å². The molecule has 1 unspecified atom stereocenters. The van der Waals surface area contributed by atoms with Crippen LogP contribution in [0.4, 0.5) is 0 Å². The van der Waals surface area contributed by atoms with Crippen LogP contribution >= 0.6 is 11.6 Å². The second-order valence-corrected chi connectivity index (χ2v) is 5.80. The van der Waals surface area contributed by atoms with Crippen LogP contribution in [0.15, 0.2) is 36.4 Å². The SMILES string of the molecule is Cc1ccc(Cl)cc1C(N)c1ccc2c(c1)CCC2. The Balaban J connectivity index is 1.99. The number of aryl methyl sites for hydroxylation is 3. The summed E-state index contributed by atoms with van der Waals surface area (Å²) in [6.07, 6.45) is 3.66. The lowest BCUT2D eigenvalue weighted by Gasteiger charge is -2.17. The molecule has 0 radical (unpaired) electrons. The quantitative estimate of drug-likeness (QED) is 0.871. The van der Waals surface area contributed by atoms with E-state index in [0.717, 1.165) is 10.6 Å². The minimum absolute atomic E-state index is 0.0930. The van der Waals surface area contributed by atoms with Crippen LogP contribution in [0, 0.1) is 6.92 Å². The normalized spacial score (nSPS) is 15.3. The number of nitrogens with two attached hydrogens (primary N) is 1. The largest absolute Gasteiger partial charge is 0.320 e. The second kappa shape index (κ2) is 4.99. The van der Waals surface area contributed by atoms with Gasteiger partial charge in [-0.3, -0.25) is 0 Å². The van der Waals surface area contributed by atoms with Crippen molar-refractivity contribution in [3.63, 3.8) is 0 Å². The molecule has 2 aromatic carbocycles. The van der Waals surface area contributed by atoms with Crippen molar-refractivity contribution in [1.82, 2.24) is 0 Å². The molecule has 98 valence electrons. The summed E-state index contributed by atoms with van der Waals surface area (Å²) in [5.74, 6) is 0. The third-order valence-electron chi connectivity index (χ3n) is 4.06. The monoisotopic (exact) mass is 271 g/mol. The Morgan fingerprint density at radius 2 is 1.84 bits per heavy atom. The Morgan fingerprint density at radius 3 is 2.68 bits per heavy atom. The molecule has 0 spiro atoms. The number of fused-ring (bicyclic) bond motifs is 1. The maximum atomic E-state index is 6.42. The zero-order valence-electron chi connectivity index (χ0n) is 11.1. The predicted octanol–water partition coefficient (Wildman–Crippen LogP) is 4.19. The first-order chi connectivity index (χ1) is 9.15. The van der Waals surface area contributed by atoms with E-state index in [-0.39, 0.29) is 6.04 Å². The van der Waals surface area contributed by atoms with Crippen LogP contribution in [0.25, 0.3) is 0 Å². The van der Waals surface area contributed by atoms with Gasteiger partial charge in [0.1, 0.15) is 0 Å². The molecule has 1 aliphatic rings. The van der Waals surface area contributed by atoms with Crippen molar-refractivity contribution in [3.8, 4) is 0 Å². The summed E-state index contributed by atoms with van der Waals surface area (Å²) in [4.78, 5) is 0. The van der Waals surface area contributed by atoms with Crippen molar-refractivity contribution in [2.45, 2.75) is 32.2 Å². The van der Waals surface area contributed by atoms with Crippen molar-refractivity contribution in [2.24, 2.45) is 5.73 Å². The van der Waals surface area contributed by atoms with Crippen molar-refractivity contribution >= 4 is 11.6 Å². The topological polar surface area (TPSA) is 26.0 Å². The molecule has 2 N–H and O–H groups in total. The van der Waals surface area contributed by atoms with Gasteiger partial charge in [0.2, 0.25) is 0 Å². The number of hydrogen-bond donors (Lipinski definition) is 1. The van der Waals surface area contributed by atoms with Gasteiger partial charge in [-0.05, 0) is 66.1 Å². The molecule has 1 atom stereocenters. The maximum absolute atomic E-state index is 6.42. The Bertz CT molecular complexity index is 619. The Labute approximate surface area is 119 Å². The minimum atomic E-state index is -0.0930. The average Bonchev–Trinajstić information content (AvgIpc) is 2.88. The van der Waals surface area contributed by atoms with Gasteiger partial charge in [0.15, 0.2) is 0 Å². The van der Waals surface area contributed by atoms with Crippen molar-refractivity contribution in [3.05, 3.63) is 69.2 Å². The van der Waals surface area contributed by atoms with Crippen LogP contribution in [-0.2, 0) is 12.8 Å². The van der Waals surface area contributed by atoms with E-state index in [0.29, 0.717) is 0 Å². The van der Waals surface area contributed by atoms with Crippen LogP contribution in [-0.4, -0.2) is 0 Å². The van der Waals surface area contributed by atoms with Crippen LogP contribution in [0.3, 0.4) is 0 Å². The van der Waals surface area contributed by atoms with Gasteiger partial charge >= 0.3 is 0 Å². The Morgan fingerprint density at radius 1 is 1.05 bits per heavy atom. The summed E-state index contributed by atoms with van der Waals surface area (Å²) >= 11 is 6.09. The van der Waals surface area contributed by atoms with E-state index >= 15 is 0 Å². The van der Waals surface area contributed by atoms with Crippen LogP contribution in [0.2, 0.25) is 5.02 Å². The lowest BCUT2D eigenvalue weighted by Crippen LogP contribution is -2.13. The van der Waals surface area contributed by atoms with Gasteiger partial charge in [0, 0.05) is 5.02 Å². The molecule has 0 saturated carbocycles. The molecule has 2 heteroatoms. The number of benzene rings is 2. The Hall–Kier alpha value is -1.31. The van der Waals surface area contributed by atoms with E-state index in [2.05, 4.69) is 25.1 Å². The summed E-state index contributed by atoms with van der Waals surface area (Å²) in [6, 6.07) is 12.5. The first kappa shape index (κ1) is 12.7. The number of rotatable bonds is 2. The molecule has 0 amide bonds. The summed E-state index contributed by atoms with van der Waals surface area (Å²) in [7, 11) is 0. The zero-order chi connectivity index (χ0) is 13.4. The maximum Gasteiger partial charge on any atom is 0.0554 e. The second-order valence-electron chi connectivity index (χ2n) is 5.36. The summed E-state index contributed by atoms with van der Waals surface area (Å²) in [5, 5.41) is 0.747. The molecule has 0 aliphatic heterocycles. The standard InChI is InChI=1S/C17H18ClN/c1-11-5-8-15(18)10-16(11)17(19)14-7-6-12-3-2-4-13(12)9-14/h5-10,17H,2-4,19H2,1H3. The van der Waals surface area contributed by atoms with E-state index in [4.69, 9.17) is 17.3 Å². The van der Waals surface area contributed by atoms with Gasteiger partial charge in [0.05, 0.1) is 6.04 Å². The summed E-state index contributed by atoms with van der Waals surface area (Å²) in [6.45, 7) is 2.08. The Kier molecular flexibility index (Phi) is 3.34. The van der Waals surface area contributed by atoms with Gasteiger partial charge in [-0.1, -0.05) is 35.9 Å². The molecule has 0 heterocycles. The fraction of sp³-hybridized carbons (Fsp3) is 0.294. The highest BCUT2D eigenvalue weighted by Gasteiger charge is 2.16. The molecule has 0 saturated heterocycles. The molecule has 0 fully saturated rings. The smallest absolute Gasteiger partial charge is 0.0554 e. The van der Waals surface area contributed by atoms with Gasteiger partial charge < -0.3 is 5.73 Å². The van der Waals surface area contributed by atoms with Gasteiger partial charge in [-0.15, -0.1) is 0 Å². The zero-order valence-corrected chi connectivity index (χ0v) is 11.9.